The summed E-state index contributed by atoms with van der Waals surface area (Å²) in [5.74, 6) is -0.0502. The van der Waals surface area contributed by atoms with E-state index >= 15 is 0 Å². The maximum atomic E-state index is 12.9. The lowest BCUT2D eigenvalue weighted by Gasteiger charge is -2.41. The molecule has 27 heavy (non-hydrogen) atoms. The number of amides is 1. The van der Waals surface area contributed by atoms with Gasteiger partial charge in [-0.05, 0) is 31.0 Å². The molecule has 0 bridgehead atoms. The number of hydrogen-bond acceptors (Lipinski definition) is 4. The monoisotopic (exact) mass is 367 g/mol. The van der Waals surface area contributed by atoms with Gasteiger partial charge in [-0.25, -0.2) is 0 Å². The molecular formula is C21H25N3O3. The van der Waals surface area contributed by atoms with Crippen molar-refractivity contribution in [3.8, 4) is 0 Å². The summed E-state index contributed by atoms with van der Waals surface area (Å²) in [7, 11) is 0. The van der Waals surface area contributed by atoms with Gasteiger partial charge in [0.2, 0.25) is 0 Å². The molecule has 0 saturated carbocycles. The Morgan fingerprint density at radius 1 is 1.19 bits per heavy atom. The Morgan fingerprint density at radius 3 is 2.56 bits per heavy atom. The molecule has 0 N–H and O–H groups in total. The lowest BCUT2D eigenvalue weighted by Crippen LogP contribution is -2.54. The number of piperazine rings is 1. The fourth-order valence-corrected chi connectivity index (χ4v) is 3.67. The van der Waals surface area contributed by atoms with Crippen LogP contribution in [0.4, 0.5) is 5.69 Å². The topological polar surface area (TPSA) is 66.7 Å². The summed E-state index contributed by atoms with van der Waals surface area (Å²) in [4.78, 5) is 27.8. The number of aryl methyl sites for hydroxylation is 1. The van der Waals surface area contributed by atoms with E-state index in [0.717, 1.165) is 19.5 Å². The largest absolute Gasteiger partial charge is 0.336 e. The number of carbonyl (C=O) groups excluding carboxylic acids is 1. The van der Waals surface area contributed by atoms with E-state index in [0.29, 0.717) is 30.3 Å². The summed E-state index contributed by atoms with van der Waals surface area (Å²) in [5.41, 5.74) is 2.36. The highest BCUT2D eigenvalue weighted by molar-refractivity contribution is 5.94. The molecule has 1 saturated heterocycles. The molecule has 0 spiro atoms. The molecule has 1 amide bonds. The van der Waals surface area contributed by atoms with Gasteiger partial charge in [0.1, 0.15) is 0 Å². The molecule has 2 aromatic carbocycles. The number of rotatable bonds is 5. The van der Waals surface area contributed by atoms with Crippen LogP contribution in [-0.4, -0.2) is 46.3 Å². The van der Waals surface area contributed by atoms with E-state index < -0.39 is 4.92 Å². The van der Waals surface area contributed by atoms with Gasteiger partial charge in [-0.2, -0.15) is 0 Å². The van der Waals surface area contributed by atoms with E-state index in [9.17, 15) is 14.9 Å². The molecule has 3 rings (SSSR count). The smallest absolute Gasteiger partial charge is 0.272 e. The molecular weight excluding hydrogens is 342 g/mol. The minimum absolute atomic E-state index is 0.0469. The van der Waals surface area contributed by atoms with Crippen LogP contribution in [0, 0.1) is 17.0 Å². The summed E-state index contributed by atoms with van der Waals surface area (Å²) in [6.45, 7) is 6.87. The zero-order chi connectivity index (χ0) is 19.4. The second kappa shape index (κ2) is 8.31. The number of benzene rings is 2. The van der Waals surface area contributed by atoms with E-state index in [4.69, 9.17) is 0 Å². The van der Waals surface area contributed by atoms with Crippen LogP contribution in [0.15, 0.2) is 48.5 Å². The molecule has 142 valence electrons. The van der Waals surface area contributed by atoms with Crippen molar-refractivity contribution in [2.45, 2.75) is 32.9 Å². The van der Waals surface area contributed by atoms with Crippen LogP contribution in [0.25, 0.3) is 0 Å². The molecule has 0 aromatic heterocycles. The zero-order valence-corrected chi connectivity index (χ0v) is 15.8. The van der Waals surface area contributed by atoms with E-state index in [2.05, 4.69) is 24.0 Å². The Balaban J connectivity index is 1.69. The van der Waals surface area contributed by atoms with Crippen molar-refractivity contribution in [3.63, 3.8) is 0 Å². The van der Waals surface area contributed by atoms with Gasteiger partial charge in [-0.1, -0.05) is 37.3 Å². The number of carbonyl (C=O) groups is 1. The molecule has 1 atom stereocenters. The number of hydrogen-bond donors (Lipinski definition) is 0. The maximum absolute atomic E-state index is 12.9. The molecule has 0 unspecified atom stereocenters. The summed E-state index contributed by atoms with van der Waals surface area (Å²) in [6.07, 6.45) is 0.968. The molecule has 1 fully saturated rings. The van der Waals surface area contributed by atoms with Crippen LogP contribution in [-0.2, 0) is 6.54 Å². The maximum Gasteiger partial charge on any atom is 0.272 e. The lowest BCUT2D eigenvalue weighted by molar-refractivity contribution is -0.385. The van der Waals surface area contributed by atoms with Crippen molar-refractivity contribution in [3.05, 3.63) is 75.3 Å². The molecule has 0 radical (unpaired) electrons. The first-order chi connectivity index (χ1) is 13.0. The third kappa shape index (κ3) is 4.34. The van der Waals surface area contributed by atoms with Crippen LogP contribution in [0.2, 0.25) is 0 Å². The van der Waals surface area contributed by atoms with Crippen LogP contribution >= 0.6 is 0 Å². The Bertz CT molecular complexity index is 823. The van der Waals surface area contributed by atoms with E-state index in [1.54, 1.807) is 19.1 Å². The standard InChI is InChI=1S/C21H25N3O3/c1-3-19-15-23(12-11-22(19)14-17-7-5-4-6-8-17)21(25)18-9-10-20(24(26)27)16(2)13-18/h4-10,13,19H,3,11-12,14-15H2,1-2H3/t19-/m1/s1. The van der Waals surface area contributed by atoms with Gasteiger partial charge in [-0.3, -0.25) is 19.8 Å². The summed E-state index contributed by atoms with van der Waals surface area (Å²) < 4.78 is 0. The van der Waals surface area contributed by atoms with Gasteiger partial charge in [-0.15, -0.1) is 0 Å². The number of nitro groups is 1. The molecule has 0 aliphatic carbocycles. The predicted octanol–water partition coefficient (Wildman–Crippen LogP) is 3.64. The Labute approximate surface area is 159 Å². The van der Waals surface area contributed by atoms with Crippen molar-refractivity contribution in [2.75, 3.05) is 19.6 Å². The second-order valence-corrected chi connectivity index (χ2v) is 7.03. The van der Waals surface area contributed by atoms with E-state index in [1.165, 1.54) is 11.6 Å². The van der Waals surface area contributed by atoms with Crippen LogP contribution in [0.5, 0.6) is 0 Å². The Morgan fingerprint density at radius 2 is 1.93 bits per heavy atom. The lowest BCUT2D eigenvalue weighted by atomic mass is 10.0. The van der Waals surface area contributed by atoms with Crippen molar-refractivity contribution >= 4 is 11.6 Å². The number of nitro benzene ring substituents is 1. The minimum Gasteiger partial charge on any atom is -0.336 e. The van der Waals surface area contributed by atoms with Crippen LogP contribution < -0.4 is 0 Å². The number of nitrogens with zero attached hydrogens (tertiary/aromatic N) is 3. The molecule has 6 nitrogen and oxygen atoms in total. The first kappa shape index (κ1) is 19.0. The van der Waals surface area contributed by atoms with Crippen molar-refractivity contribution in [1.29, 1.82) is 0 Å². The first-order valence-electron chi connectivity index (χ1n) is 9.32. The van der Waals surface area contributed by atoms with Crippen molar-refractivity contribution < 1.29 is 9.72 Å². The molecule has 1 aliphatic heterocycles. The highest BCUT2D eigenvalue weighted by Crippen LogP contribution is 2.22. The molecule has 2 aromatic rings. The van der Waals surface area contributed by atoms with Crippen molar-refractivity contribution in [1.82, 2.24) is 9.80 Å². The summed E-state index contributed by atoms with van der Waals surface area (Å²) >= 11 is 0. The Kier molecular flexibility index (Phi) is 5.86. The minimum atomic E-state index is -0.418. The van der Waals surface area contributed by atoms with Gasteiger partial charge in [0.05, 0.1) is 4.92 Å². The predicted molar refractivity (Wildman–Crippen MR) is 105 cm³/mol. The highest BCUT2D eigenvalue weighted by Gasteiger charge is 2.29. The SMILES string of the molecule is CC[C@@H]1CN(C(=O)c2ccc([N+](=O)[O-])c(C)c2)CCN1Cc1ccccc1. The molecule has 1 heterocycles. The van der Waals surface area contributed by atoms with Crippen molar-refractivity contribution in [2.24, 2.45) is 0 Å². The molecule has 6 heteroatoms. The van der Waals surface area contributed by atoms with E-state index in [-0.39, 0.29) is 11.6 Å². The molecule has 1 aliphatic rings. The summed E-state index contributed by atoms with van der Waals surface area (Å²) in [5, 5.41) is 11.0. The van der Waals surface area contributed by atoms with Gasteiger partial charge >= 0.3 is 0 Å². The normalized spacial score (nSPS) is 17.7. The average molecular weight is 367 g/mol. The fraction of sp³-hybridized carbons (Fsp3) is 0.381. The first-order valence-corrected chi connectivity index (χ1v) is 9.32. The quantitative estimate of drug-likeness (QED) is 0.598. The Hall–Kier alpha value is -2.73. The third-order valence-electron chi connectivity index (χ3n) is 5.23. The van der Waals surface area contributed by atoms with Gasteiger partial charge in [0.15, 0.2) is 0 Å². The highest BCUT2D eigenvalue weighted by atomic mass is 16.6. The van der Waals surface area contributed by atoms with Gasteiger partial charge in [0.25, 0.3) is 11.6 Å². The van der Waals surface area contributed by atoms with Crippen LogP contribution in [0.3, 0.4) is 0 Å². The van der Waals surface area contributed by atoms with Gasteiger partial charge < -0.3 is 4.90 Å². The second-order valence-electron chi connectivity index (χ2n) is 7.03. The van der Waals surface area contributed by atoms with Gasteiger partial charge in [0, 0.05) is 49.4 Å². The fourth-order valence-electron chi connectivity index (χ4n) is 3.67. The third-order valence-corrected chi connectivity index (χ3v) is 5.23. The zero-order valence-electron chi connectivity index (χ0n) is 15.8. The van der Waals surface area contributed by atoms with Crippen LogP contribution in [0.1, 0.15) is 34.8 Å². The van der Waals surface area contributed by atoms with E-state index in [1.807, 2.05) is 23.1 Å². The average Bonchev–Trinajstić information content (AvgIpc) is 2.68. The summed E-state index contributed by atoms with van der Waals surface area (Å²) in [6, 6.07) is 15.3.